The van der Waals surface area contributed by atoms with E-state index < -0.39 is 26.0 Å². The highest BCUT2D eigenvalue weighted by atomic mass is 16.4. The van der Waals surface area contributed by atoms with Gasteiger partial charge >= 0.3 is 5.84 Å². The first-order chi connectivity index (χ1) is 19.2. The monoisotopic (exact) mass is 449 g/mol. The van der Waals surface area contributed by atoms with Gasteiger partial charge in [0.15, 0.2) is 11.8 Å². The van der Waals surface area contributed by atoms with Crippen LogP contribution in [-0.2, 0) is 12.5 Å². The van der Waals surface area contributed by atoms with Crippen molar-refractivity contribution >= 4 is 17.1 Å². The van der Waals surface area contributed by atoms with Gasteiger partial charge in [-0.05, 0) is 66.3 Å². The zero-order valence-electron chi connectivity index (χ0n) is 28.1. The van der Waals surface area contributed by atoms with Gasteiger partial charge in [-0.2, -0.15) is 9.50 Å². The van der Waals surface area contributed by atoms with Gasteiger partial charge in [0.05, 0.1) is 5.56 Å². The molecule has 0 bridgehead atoms. The predicted molar refractivity (Wildman–Crippen MR) is 130 cm³/mol. The van der Waals surface area contributed by atoms with Crippen LogP contribution in [0, 0.1) is 27.5 Å². The van der Waals surface area contributed by atoms with E-state index in [9.17, 15) is 0 Å². The summed E-state index contributed by atoms with van der Waals surface area (Å²) in [4.78, 5) is 8.54. The average Bonchev–Trinajstić information content (AvgIpc) is 3.43. The Balaban J connectivity index is 1.97. The molecule has 0 atom stereocenters. The van der Waals surface area contributed by atoms with Crippen LogP contribution in [0.25, 0.3) is 39.5 Å². The summed E-state index contributed by atoms with van der Waals surface area (Å²) in [7, 11) is 1.66. The highest BCUT2D eigenvalue weighted by molar-refractivity contribution is 5.90. The lowest BCUT2D eigenvalue weighted by atomic mass is 9.82. The lowest BCUT2D eigenvalue weighted by Gasteiger charge is -2.23. The van der Waals surface area contributed by atoms with Crippen molar-refractivity contribution in [2.45, 2.75) is 53.7 Å². The molecule has 0 aliphatic heterocycles. The molecule has 0 unspecified atom stereocenters. The van der Waals surface area contributed by atoms with Crippen LogP contribution in [0.1, 0.15) is 60.9 Å². The fourth-order valence-corrected chi connectivity index (χ4v) is 4.14. The van der Waals surface area contributed by atoms with Crippen LogP contribution in [0.2, 0.25) is 0 Å². The third-order valence-corrected chi connectivity index (χ3v) is 5.92. The summed E-state index contributed by atoms with van der Waals surface area (Å²) in [6, 6.07) is 4.46. The molecule has 4 heterocycles. The number of benzene rings is 1. The fraction of sp³-hybridized carbons (Fsp3) is 0.333. The first-order valence-electron chi connectivity index (χ1n) is 15.0. The number of aryl methyl sites for hydroxylation is 5. The Kier molecular flexibility index (Phi) is 2.90. The first-order valence-corrected chi connectivity index (χ1v) is 10.5. The Morgan fingerprint density at radius 3 is 2.36 bits per heavy atom. The van der Waals surface area contributed by atoms with Gasteiger partial charge in [0.25, 0.3) is 0 Å². The lowest BCUT2D eigenvalue weighted by molar-refractivity contribution is -0.660. The maximum absolute atomic E-state index is 8.40. The van der Waals surface area contributed by atoms with Gasteiger partial charge in [-0.3, -0.25) is 0 Å². The van der Waals surface area contributed by atoms with E-state index in [-0.39, 0.29) is 33.7 Å². The Labute approximate surface area is 206 Å². The molecule has 0 amide bonds. The molecule has 0 N–H and O–H groups in total. The second-order valence-corrected chi connectivity index (χ2v) is 9.32. The van der Waals surface area contributed by atoms with Crippen LogP contribution in [0.3, 0.4) is 0 Å². The largest absolute Gasteiger partial charge is 0.419 e. The SMILES string of the molecule is [2H]C([2H])([2H])c1c[n+](C)c(-c2c(C)cnc3c2oc2ncnn23)cc1-c1c(C([2H])([2H])[2H])cc(C(C)(C)C)cc1C([2H])([2H])[2H]. The molecule has 5 aromatic rings. The van der Waals surface area contributed by atoms with E-state index in [4.69, 9.17) is 16.8 Å². The van der Waals surface area contributed by atoms with Crippen molar-refractivity contribution in [2.75, 3.05) is 0 Å². The van der Waals surface area contributed by atoms with E-state index in [1.807, 2.05) is 20.8 Å². The van der Waals surface area contributed by atoms with Crippen LogP contribution in [0.4, 0.5) is 0 Å². The second-order valence-electron chi connectivity index (χ2n) is 9.32. The van der Waals surface area contributed by atoms with Gasteiger partial charge in [-0.25, -0.2) is 9.55 Å². The summed E-state index contributed by atoms with van der Waals surface area (Å²) in [6.45, 7) is -0.833. The number of aromatic nitrogens is 5. The van der Waals surface area contributed by atoms with Crippen molar-refractivity contribution < 1.29 is 21.3 Å². The van der Waals surface area contributed by atoms with Crippen molar-refractivity contribution in [2.24, 2.45) is 7.05 Å². The minimum Gasteiger partial charge on any atom is -0.419 e. The zero-order chi connectivity index (χ0) is 31.2. The number of fused-ring (bicyclic) bond motifs is 3. The van der Waals surface area contributed by atoms with Gasteiger partial charge in [-0.1, -0.05) is 32.9 Å². The molecule has 0 saturated carbocycles. The van der Waals surface area contributed by atoms with Gasteiger partial charge < -0.3 is 4.42 Å². The van der Waals surface area contributed by atoms with E-state index in [0.717, 1.165) is 0 Å². The van der Waals surface area contributed by atoms with Crippen LogP contribution >= 0.6 is 0 Å². The number of hydrogen-bond acceptors (Lipinski definition) is 4. The molecule has 6 heteroatoms. The Bertz CT molecular complexity index is 1820. The van der Waals surface area contributed by atoms with Crippen LogP contribution < -0.4 is 4.57 Å². The highest BCUT2D eigenvalue weighted by Gasteiger charge is 2.25. The van der Waals surface area contributed by atoms with Crippen molar-refractivity contribution in [1.82, 2.24) is 19.6 Å². The van der Waals surface area contributed by atoms with E-state index >= 15 is 0 Å². The molecule has 4 aromatic heterocycles. The number of pyridine rings is 2. The smallest absolute Gasteiger partial charge is 0.327 e. The summed E-state index contributed by atoms with van der Waals surface area (Å²) >= 11 is 0. The third kappa shape index (κ3) is 3.32. The maximum atomic E-state index is 8.40. The number of nitrogens with zero attached hydrogens (tertiary/aromatic N) is 5. The van der Waals surface area contributed by atoms with Crippen molar-refractivity contribution in [3.8, 4) is 22.4 Å². The Hall–Kier alpha value is -3.54. The normalized spacial score (nSPS) is 17.4. The molecule has 0 saturated heterocycles. The molecule has 5 rings (SSSR count). The molecule has 0 fully saturated rings. The van der Waals surface area contributed by atoms with Gasteiger partial charge in [0, 0.05) is 30.2 Å². The van der Waals surface area contributed by atoms with E-state index in [2.05, 4.69) is 15.1 Å². The Morgan fingerprint density at radius 2 is 1.70 bits per heavy atom. The van der Waals surface area contributed by atoms with Crippen LogP contribution in [-0.4, -0.2) is 19.6 Å². The van der Waals surface area contributed by atoms with E-state index in [1.165, 1.54) is 35.2 Å². The second kappa shape index (κ2) is 7.24. The minimum absolute atomic E-state index is 0.0142. The summed E-state index contributed by atoms with van der Waals surface area (Å²) < 4.78 is 84.5. The number of hydrogen-bond donors (Lipinski definition) is 0. The van der Waals surface area contributed by atoms with Crippen molar-refractivity contribution in [1.29, 1.82) is 0 Å². The topological polar surface area (TPSA) is 60.1 Å². The molecule has 0 spiro atoms. The quantitative estimate of drug-likeness (QED) is 0.331. The van der Waals surface area contributed by atoms with E-state index in [0.29, 0.717) is 33.6 Å². The molecule has 6 nitrogen and oxygen atoms in total. The average molecular weight is 450 g/mol. The molecule has 1 aromatic carbocycles. The number of oxazole rings is 1. The zero-order valence-corrected chi connectivity index (χ0v) is 19.1. The molecule has 33 heavy (non-hydrogen) atoms. The summed E-state index contributed by atoms with van der Waals surface area (Å²) in [5.74, 6) is 0.207. The molecular weight excluding hydrogens is 410 g/mol. The summed E-state index contributed by atoms with van der Waals surface area (Å²) in [5.41, 5.74) is 1.52. The minimum atomic E-state index is -2.75. The lowest BCUT2D eigenvalue weighted by Crippen LogP contribution is -2.31. The van der Waals surface area contributed by atoms with Crippen molar-refractivity contribution in [3.63, 3.8) is 0 Å². The van der Waals surface area contributed by atoms with Gasteiger partial charge in [-0.15, -0.1) is 5.10 Å². The fourth-order valence-electron chi connectivity index (χ4n) is 4.14. The first kappa shape index (κ1) is 13.2. The summed E-state index contributed by atoms with van der Waals surface area (Å²) in [6.07, 6.45) is 4.34. The summed E-state index contributed by atoms with van der Waals surface area (Å²) in [5, 5.41) is 4.15. The Morgan fingerprint density at radius 1 is 0.970 bits per heavy atom. The molecule has 0 radical (unpaired) electrons. The predicted octanol–water partition coefficient (Wildman–Crippen LogP) is 5.56. The van der Waals surface area contributed by atoms with Gasteiger partial charge in [0.2, 0.25) is 11.3 Å². The molecular formula is C27H30N5O+. The third-order valence-electron chi connectivity index (χ3n) is 5.92. The molecule has 0 aliphatic rings. The molecule has 0 aliphatic carbocycles. The van der Waals surface area contributed by atoms with Crippen molar-refractivity contribution in [3.05, 3.63) is 64.7 Å². The standard InChI is InChI=1S/C27H30N5O/c1-15-9-19(27(5,6)7)10-16(2)22(15)20-11-21(31(8)13-18(20)4)23-17(3)12-28-25-24(23)33-26-29-14-30-32(25)26/h9-14H,1-8H3/q+1/i1D3,2D3,4D3. The van der Waals surface area contributed by atoms with Crippen LogP contribution in [0.5, 0.6) is 0 Å². The van der Waals surface area contributed by atoms with Crippen LogP contribution in [0.15, 0.2) is 41.3 Å². The van der Waals surface area contributed by atoms with E-state index in [1.54, 1.807) is 24.7 Å². The maximum Gasteiger partial charge on any atom is 0.327 e. The highest BCUT2D eigenvalue weighted by Crippen LogP contribution is 2.37. The molecule has 168 valence electrons. The van der Waals surface area contributed by atoms with Gasteiger partial charge in [0.1, 0.15) is 13.4 Å². The number of rotatable bonds is 2.